The molecule has 0 bridgehead atoms. The minimum Gasteiger partial charge on any atom is -0.479 e. The molecule has 0 radical (unpaired) electrons. The van der Waals surface area contributed by atoms with Gasteiger partial charge in [0.1, 0.15) is 5.54 Å². The molecular formula is C12H23NO4Si. The molecule has 0 aromatic rings. The molecule has 0 aromatic carbocycles. The molecule has 1 aliphatic rings. The molecule has 2 atom stereocenters. The van der Waals surface area contributed by atoms with Crippen LogP contribution in [-0.2, 0) is 9.53 Å². The molecule has 5 nitrogen and oxygen atoms in total. The highest BCUT2D eigenvalue weighted by atomic mass is 28.3. The molecule has 1 amide bonds. The molecule has 0 aliphatic heterocycles. The van der Waals surface area contributed by atoms with Crippen LogP contribution in [0.4, 0.5) is 4.79 Å². The molecule has 0 heterocycles. The van der Waals surface area contributed by atoms with Crippen molar-refractivity contribution in [3.8, 4) is 0 Å². The molecule has 1 fully saturated rings. The maximum absolute atomic E-state index is 11.6. The highest BCUT2D eigenvalue weighted by Crippen LogP contribution is 2.46. The van der Waals surface area contributed by atoms with E-state index in [2.05, 4.69) is 25.0 Å². The number of amides is 1. The number of hydrogen-bond donors (Lipinski definition) is 2. The van der Waals surface area contributed by atoms with E-state index in [4.69, 9.17) is 9.84 Å². The smallest absolute Gasteiger partial charge is 0.408 e. The normalized spacial score (nSPS) is 26.6. The van der Waals surface area contributed by atoms with Crippen molar-refractivity contribution < 1.29 is 19.4 Å². The Morgan fingerprint density at radius 1 is 1.44 bits per heavy atom. The molecule has 6 heteroatoms. The molecule has 0 aromatic heterocycles. The summed E-state index contributed by atoms with van der Waals surface area (Å²) < 4.78 is 5.06. The first-order valence-corrected chi connectivity index (χ1v) is 10.1. The van der Waals surface area contributed by atoms with Gasteiger partial charge >= 0.3 is 12.1 Å². The zero-order chi connectivity index (χ0) is 14.0. The molecule has 1 saturated carbocycles. The number of carboxylic acids is 1. The Bertz CT molecular complexity index is 339. The van der Waals surface area contributed by atoms with Crippen LogP contribution in [-0.4, -0.2) is 37.4 Å². The van der Waals surface area contributed by atoms with Crippen molar-refractivity contribution in [3.63, 3.8) is 0 Å². The summed E-state index contributed by atoms with van der Waals surface area (Å²) in [6.45, 7) is 8.88. The van der Waals surface area contributed by atoms with Crippen LogP contribution in [0.2, 0.25) is 25.7 Å². The van der Waals surface area contributed by atoms with Crippen molar-refractivity contribution in [2.75, 3.05) is 6.61 Å². The first-order valence-electron chi connectivity index (χ1n) is 6.39. The predicted octanol–water partition coefficient (Wildman–Crippen LogP) is 2.30. The van der Waals surface area contributed by atoms with Crippen molar-refractivity contribution >= 4 is 20.1 Å². The maximum atomic E-state index is 11.6. The molecule has 0 spiro atoms. The lowest BCUT2D eigenvalue weighted by Crippen LogP contribution is -2.45. The zero-order valence-corrected chi connectivity index (χ0v) is 12.6. The Balaban J connectivity index is 2.38. The first kappa shape index (κ1) is 15.0. The summed E-state index contributed by atoms with van der Waals surface area (Å²) in [4.78, 5) is 22.7. The van der Waals surface area contributed by atoms with Gasteiger partial charge in [0.25, 0.3) is 0 Å². The molecule has 1 rings (SSSR count). The van der Waals surface area contributed by atoms with Crippen molar-refractivity contribution in [1.29, 1.82) is 0 Å². The fourth-order valence-electron chi connectivity index (χ4n) is 1.96. The van der Waals surface area contributed by atoms with E-state index in [1.807, 2.05) is 6.92 Å². The van der Waals surface area contributed by atoms with Gasteiger partial charge in [0.2, 0.25) is 0 Å². The molecule has 104 valence electrons. The molecule has 1 aliphatic carbocycles. The number of aliphatic carboxylic acids is 1. The van der Waals surface area contributed by atoms with E-state index < -0.39 is 25.7 Å². The van der Waals surface area contributed by atoms with E-state index in [1.165, 1.54) is 0 Å². The molecule has 2 N–H and O–H groups in total. The monoisotopic (exact) mass is 273 g/mol. The average Bonchev–Trinajstić information content (AvgIpc) is 2.90. The summed E-state index contributed by atoms with van der Waals surface area (Å²) in [6, 6.07) is 0.887. The van der Waals surface area contributed by atoms with E-state index in [-0.39, 0.29) is 5.92 Å². The number of ether oxygens (including phenoxy) is 1. The van der Waals surface area contributed by atoms with E-state index >= 15 is 0 Å². The Morgan fingerprint density at radius 3 is 2.44 bits per heavy atom. The summed E-state index contributed by atoms with van der Waals surface area (Å²) in [5.41, 5.74) is -1.08. The minimum atomic E-state index is -1.23. The Kier molecular flexibility index (Phi) is 4.42. The van der Waals surface area contributed by atoms with Gasteiger partial charge in [-0.3, -0.25) is 0 Å². The van der Waals surface area contributed by atoms with Crippen molar-refractivity contribution in [2.45, 2.75) is 51.0 Å². The highest BCUT2D eigenvalue weighted by molar-refractivity contribution is 6.76. The number of rotatable bonds is 6. The van der Waals surface area contributed by atoms with Gasteiger partial charge in [-0.2, -0.15) is 0 Å². The lowest BCUT2D eigenvalue weighted by Gasteiger charge is -2.17. The fourth-order valence-corrected chi connectivity index (χ4v) is 2.67. The Hall–Kier alpha value is -1.04. The third kappa shape index (κ3) is 3.73. The number of carbonyl (C=O) groups is 2. The van der Waals surface area contributed by atoms with Crippen LogP contribution < -0.4 is 5.32 Å². The first-order chi connectivity index (χ1) is 8.21. The van der Waals surface area contributed by atoms with Gasteiger partial charge in [0, 0.05) is 8.07 Å². The predicted molar refractivity (Wildman–Crippen MR) is 71.4 cm³/mol. The largest absolute Gasteiger partial charge is 0.479 e. The number of carboxylic acid groups (broad SMARTS) is 1. The third-order valence-electron chi connectivity index (χ3n) is 3.39. The third-order valence-corrected chi connectivity index (χ3v) is 5.09. The van der Waals surface area contributed by atoms with Gasteiger partial charge in [0.15, 0.2) is 0 Å². The quantitative estimate of drug-likeness (QED) is 0.728. The number of alkyl carbamates (subject to hydrolysis) is 1. The lowest BCUT2D eigenvalue weighted by atomic mass is 10.2. The molecule has 0 saturated heterocycles. The maximum Gasteiger partial charge on any atom is 0.408 e. The van der Waals surface area contributed by atoms with Gasteiger partial charge in [0.05, 0.1) is 6.61 Å². The van der Waals surface area contributed by atoms with Crippen LogP contribution in [0.3, 0.4) is 0 Å². The fraction of sp³-hybridized carbons (Fsp3) is 0.833. The second-order valence-corrected chi connectivity index (χ2v) is 11.8. The summed E-state index contributed by atoms with van der Waals surface area (Å²) in [6.07, 6.45) is 0.648. The van der Waals surface area contributed by atoms with Crippen LogP contribution in [0, 0.1) is 5.92 Å². The minimum absolute atomic E-state index is 0.0274. The summed E-state index contributed by atoms with van der Waals surface area (Å²) in [7, 11) is -1.23. The number of nitrogens with one attached hydrogen (secondary N) is 1. The van der Waals surface area contributed by atoms with E-state index in [0.29, 0.717) is 13.0 Å². The Labute approximate surface area is 109 Å². The summed E-state index contributed by atoms with van der Waals surface area (Å²) in [5, 5.41) is 11.7. The van der Waals surface area contributed by atoms with Crippen LogP contribution in [0.15, 0.2) is 0 Å². The van der Waals surface area contributed by atoms with Crippen LogP contribution in [0.1, 0.15) is 19.8 Å². The standard InChI is InChI=1S/C12H23NO4Si/c1-5-9-8-12(9,10(14)15)13-11(16)17-6-7-18(2,3)4/h9H,5-8H2,1-4H3,(H,13,16)(H,14,15). The van der Waals surface area contributed by atoms with Gasteiger partial charge in [-0.15, -0.1) is 0 Å². The van der Waals surface area contributed by atoms with Crippen LogP contribution in [0.5, 0.6) is 0 Å². The number of carbonyl (C=O) groups excluding carboxylic acids is 1. The summed E-state index contributed by atoms with van der Waals surface area (Å²) in [5.74, 6) is -0.934. The van der Waals surface area contributed by atoms with Gasteiger partial charge in [-0.25, -0.2) is 9.59 Å². The average molecular weight is 273 g/mol. The van der Waals surface area contributed by atoms with Gasteiger partial charge in [-0.1, -0.05) is 33.0 Å². The zero-order valence-electron chi connectivity index (χ0n) is 11.6. The second-order valence-electron chi connectivity index (χ2n) is 6.16. The van der Waals surface area contributed by atoms with Gasteiger partial charge < -0.3 is 15.2 Å². The van der Waals surface area contributed by atoms with Crippen molar-refractivity contribution in [2.24, 2.45) is 5.92 Å². The van der Waals surface area contributed by atoms with E-state index in [9.17, 15) is 9.59 Å². The van der Waals surface area contributed by atoms with Gasteiger partial charge in [-0.05, 0) is 18.4 Å². The lowest BCUT2D eigenvalue weighted by molar-refractivity contribution is -0.141. The molecule has 2 unspecified atom stereocenters. The van der Waals surface area contributed by atoms with E-state index in [0.717, 1.165) is 12.5 Å². The molecule has 18 heavy (non-hydrogen) atoms. The SMILES string of the molecule is CCC1CC1(NC(=O)OCC[Si](C)(C)C)C(=O)O. The topological polar surface area (TPSA) is 75.6 Å². The van der Waals surface area contributed by atoms with E-state index in [1.54, 1.807) is 0 Å². The van der Waals surface area contributed by atoms with Crippen LogP contribution >= 0.6 is 0 Å². The second kappa shape index (κ2) is 5.30. The highest BCUT2D eigenvalue weighted by Gasteiger charge is 2.60. The summed E-state index contributed by atoms with van der Waals surface area (Å²) >= 11 is 0. The Morgan fingerprint density at radius 2 is 2.06 bits per heavy atom. The van der Waals surface area contributed by atoms with Crippen molar-refractivity contribution in [1.82, 2.24) is 5.32 Å². The molecular weight excluding hydrogens is 250 g/mol. The number of hydrogen-bond acceptors (Lipinski definition) is 3. The van der Waals surface area contributed by atoms with Crippen LogP contribution in [0.25, 0.3) is 0 Å². The van der Waals surface area contributed by atoms with Crippen molar-refractivity contribution in [3.05, 3.63) is 0 Å².